The highest BCUT2D eigenvalue weighted by Gasteiger charge is 2.07. The van der Waals surface area contributed by atoms with Crippen LogP contribution in [0.1, 0.15) is 6.42 Å². The Morgan fingerprint density at radius 1 is 1.14 bits per heavy atom. The normalized spacial score (nSPS) is 10.6. The molecule has 0 aliphatic carbocycles. The highest BCUT2D eigenvalue weighted by Crippen LogP contribution is 2.20. The van der Waals surface area contributed by atoms with Gasteiger partial charge in [-0.25, -0.2) is 0 Å². The third-order valence-corrected chi connectivity index (χ3v) is 3.25. The average molecular weight is 288 g/mol. The Morgan fingerprint density at radius 2 is 1.95 bits per heavy atom. The monoisotopic (exact) mass is 288 g/mol. The van der Waals surface area contributed by atoms with E-state index in [2.05, 4.69) is 16.0 Å². The van der Waals surface area contributed by atoms with Crippen molar-refractivity contribution in [3.05, 3.63) is 30.5 Å². The van der Waals surface area contributed by atoms with Crippen molar-refractivity contribution in [2.75, 3.05) is 26.0 Å². The van der Waals surface area contributed by atoms with Crippen LogP contribution in [-0.2, 0) is 16.1 Å². The van der Waals surface area contributed by atoms with Crippen molar-refractivity contribution in [1.29, 1.82) is 0 Å². The summed E-state index contributed by atoms with van der Waals surface area (Å²) in [5.74, 6) is -0.0935. The number of fused-ring (bicyclic) bond motifs is 1. The average Bonchev–Trinajstić information content (AvgIpc) is 2.87. The molecule has 0 saturated carbocycles. The smallest absolute Gasteiger partial charge is 0.239 e. The minimum atomic E-state index is -0.0593. The van der Waals surface area contributed by atoms with Crippen LogP contribution in [-0.4, -0.2) is 37.0 Å². The van der Waals surface area contributed by atoms with Crippen LogP contribution < -0.4 is 16.0 Å². The van der Waals surface area contributed by atoms with Gasteiger partial charge in [0.2, 0.25) is 11.8 Å². The molecule has 2 amide bonds. The molecule has 3 N–H and O–H groups in total. The third-order valence-electron chi connectivity index (χ3n) is 3.25. The molecule has 1 heterocycles. The molecule has 2 aromatic rings. The van der Waals surface area contributed by atoms with Gasteiger partial charge in [-0.1, -0.05) is 6.07 Å². The SMILES string of the molecule is CNCCC(=O)Nc1ccc2ccn(CC(=O)NC)c2c1. The first kappa shape index (κ1) is 15.1. The topological polar surface area (TPSA) is 75.2 Å². The predicted molar refractivity (Wildman–Crippen MR) is 83.2 cm³/mol. The van der Waals surface area contributed by atoms with E-state index in [9.17, 15) is 9.59 Å². The number of benzene rings is 1. The molecule has 0 saturated heterocycles. The lowest BCUT2D eigenvalue weighted by Crippen LogP contribution is -2.23. The van der Waals surface area contributed by atoms with Gasteiger partial charge in [0.1, 0.15) is 6.54 Å². The van der Waals surface area contributed by atoms with Gasteiger partial charge in [-0.3, -0.25) is 9.59 Å². The van der Waals surface area contributed by atoms with Gasteiger partial charge in [0, 0.05) is 31.9 Å². The molecule has 0 atom stereocenters. The van der Waals surface area contributed by atoms with Crippen molar-refractivity contribution >= 4 is 28.4 Å². The fraction of sp³-hybridized carbons (Fsp3) is 0.333. The highest BCUT2D eigenvalue weighted by molar-refractivity contribution is 5.94. The molecule has 2 rings (SSSR count). The predicted octanol–water partition coefficient (Wildman–Crippen LogP) is 0.935. The largest absolute Gasteiger partial charge is 0.358 e. The number of carbonyl (C=O) groups excluding carboxylic acids is 2. The van der Waals surface area contributed by atoms with E-state index in [0.29, 0.717) is 13.0 Å². The molecule has 21 heavy (non-hydrogen) atoms. The summed E-state index contributed by atoms with van der Waals surface area (Å²) in [7, 11) is 3.42. The minimum absolute atomic E-state index is 0.0342. The van der Waals surface area contributed by atoms with Crippen LogP contribution in [0, 0.1) is 0 Å². The van der Waals surface area contributed by atoms with E-state index in [4.69, 9.17) is 0 Å². The lowest BCUT2D eigenvalue weighted by molar-refractivity contribution is -0.121. The van der Waals surface area contributed by atoms with Gasteiger partial charge < -0.3 is 20.5 Å². The van der Waals surface area contributed by atoms with Crippen molar-refractivity contribution in [1.82, 2.24) is 15.2 Å². The molecule has 6 heteroatoms. The summed E-state index contributed by atoms with van der Waals surface area (Å²) in [6, 6.07) is 7.63. The summed E-state index contributed by atoms with van der Waals surface area (Å²) in [6.45, 7) is 0.901. The van der Waals surface area contributed by atoms with Crippen LogP contribution in [0.2, 0.25) is 0 Å². The Morgan fingerprint density at radius 3 is 2.67 bits per heavy atom. The van der Waals surface area contributed by atoms with Gasteiger partial charge in [0.15, 0.2) is 0 Å². The Hall–Kier alpha value is -2.34. The van der Waals surface area contributed by atoms with Gasteiger partial charge in [-0.05, 0) is 30.6 Å². The van der Waals surface area contributed by atoms with Gasteiger partial charge in [-0.2, -0.15) is 0 Å². The maximum atomic E-state index is 11.7. The molecule has 0 spiro atoms. The molecule has 112 valence electrons. The molecule has 0 aliphatic heterocycles. The van der Waals surface area contributed by atoms with E-state index in [-0.39, 0.29) is 18.4 Å². The van der Waals surface area contributed by atoms with Crippen molar-refractivity contribution in [2.45, 2.75) is 13.0 Å². The maximum absolute atomic E-state index is 11.7. The van der Waals surface area contributed by atoms with E-state index < -0.39 is 0 Å². The Labute approximate surface area is 123 Å². The summed E-state index contributed by atoms with van der Waals surface area (Å²) >= 11 is 0. The molecule has 0 bridgehead atoms. The molecular weight excluding hydrogens is 268 g/mol. The van der Waals surface area contributed by atoms with E-state index in [0.717, 1.165) is 16.6 Å². The zero-order chi connectivity index (χ0) is 15.2. The second-order valence-electron chi connectivity index (χ2n) is 4.79. The summed E-state index contributed by atoms with van der Waals surface area (Å²) in [5, 5.41) is 9.43. The molecule has 0 radical (unpaired) electrons. The summed E-state index contributed by atoms with van der Waals surface area (Å²) in [4.78, 5) is 23.2. The first-order valence-electron chi connectivity index (χ1n) is 6.88. The van der Waals surface area contributed by atoms with Crippen LogP contribution in [0.15, 0.2) is 30.5 Å². The zero-order valence-electron chi connectivity index (χ0n) is 12.3. The number of hydrogen-bond acceptors (Lipinski definition) is 3. The number of carbonyl (C=O) groups is 2. The van der Waals surface area contributed by atoms with E-state index in [1.807, 2.05) is 42.1 Å². The first-order chi connectivity index (χ1) is 10.1. The highest BCUT2D eigenvalue weighted by atomic mass is 16.2. The van der Waals surface area contributed by atoms with Crippen LogP contribution in [0.5, 0.6) is 0 Å². The molecule has 0 aliphatic rings. The quantitative estimate of drug-likeness (QED) is 0.740. The summed E-state index contributed by atoms with van der Waals surface area (Å²) in [5.41, 5.74) is 1.66. The molecule has 6 nitrogen and oxygen atoms in total. The number of amides is 2. The molecular formula is C15H20N4O2. The Balaban J connectivity index is 2.17. The maximum Gasteiger partial charge on any atom is 0.239 e. The van der Waals surface area contributed by atoms with Crippen molar-refractivity contribution in [3.8, 4) is 0 Å². The minimum Gasteiger partial charge on any atom is -0.358 e. The van der Waals surface area contributed by atoms with E-state index >= 15 is 0 Å². The van der Waals surface area contributed by atoms with Crippen LogP contribution in [0.25, 0.3) is 10.9 Å². The van der Waals surface area contributed by atoms with Crippen molar-refractivity contribution in [2.24, 2.45) is 0 Å². The zero-order valence-corrected chi connectivity index (χ0v) is 12.3. The fourth-order valence-electron chi connectivity index (χ4n) is 2.10. The van der Waals surface area contributed by atoms with Crippen molar-refractivity contribution in [3.63, 3.8) is 0 Å². The number of anilines is 1. The molecule has 1 aromatic carbocycles. The van der Waals surface area contributed by atoms with Crippen LogP contribution >= 0.6 is 0 Å². The standard InChI is InChI=1S/C15H20N4O2/c1-16-7-5-14(20)18-12-4-3-11-6-8-19(13(11)9-12)10-15(21)17-2/h3-4,6,8-9,16H,5,7,10H2,1-2H3,(H,17,21)(H,18,20). The Kier molecular flexibility index (Phi) is 4.94. The number of aromatic nitrogens is 1. The second kappa shape index (κ2) is 6.90. The van der Waals surface area contributed by atoms with Gasteiger partial charge in [-0.15, -0.1) is 0 Å². The Bertz CT molecular complexity index is 648. The lowest BCUT2D eigenvalue weighted by atomic mass is 10.2. The number of rotatable bonds is 6. The van der Waals surface area contributed by atoms with E-state index in [1.165, 1.54) is 0 Å². The summed E-state index contributed by atoms with van der Waals surface area (Å²) in [6.07, 6.45) is 2.29. The molecule has 0 unspecified atom stereocenters. The number of hydrogen-bond donors (Lipinski definition) is 3. The number of likely N-dealkylation sites (N-methyl/N-ethyl adjacent to an activating group) is 1. The number of nitrogens with zero attached hydrogens (tertiary/aromatic N) is 1. The van der Waals surface area contributed by atoms with Gasteiger partial charge >= 0.3 is 0 Å². The van der Waals surface area contributed by atoms with Crippen LogP contribution in [0.4, 0.5) is 5.69 Å². The van der Waals surface area contributed by atoms with Gasteiger partial charge in [0.05, 0.1) is 5.52 Å². The first-order valence-corrected chi connectivity index (χ1v) is 6.88. The lowest BCUT2D eigenvalue weighted by Gasteiger charge is -2.08. The number of nitrogens with one attached hydrogen (secondary N) is 3. The molecule has 0 fully saturated rings. The summed E-state index contributed by atoms with van der Waals surface area (Å²) < 4.78 is 1.86. The van der Waals surface area contributed by atoms with Gasteiger partial charge in [0.25, 0.3) is 0 Å². The second-order valence-corrected chi connectivity index (χ2v) is 4.79. The fourth-order valence-corrected chi connectivity index (χ4v) is 2.10. The molecule has 1 aromatic heterocycles. The van der Waals surface area contributed by atoms with Crippen LogP contribution in [0.3, 0.4) is 0 Å². The third kappa shape index (κ3) is 3.82. The van der Waals surface area contributed by atoms with Crippen molar-refractivity contribution < 1.29 is 9.59 Å². The van der Waals surface area contributed by atoms with E-state index in [1.54, 1.807) is 7.05 Å².